The quantitative estimate of drug-likeness (QED) is 0.227. The van der Waals surface area contributed by atoms with Crippen molar-refractivity contribution in [2.24, 2.45) is 15.9 Å². The van der Waals surface area contributed by atoms with E-state index in [0.717, 1.165) is 6.21 Å². The molecule has 31 heavy (non-hydrogen) atoms. The molecule has 0 saturated carbocycles. The summed E-state index contributed by atoms with van der Waals surface area (Å²) in [6, 6.07) is 8.45. The van der Waals surface area contributed by atoms with Crippen LogP contribution in [0.5, 0.6) is 5.75 Å². The third kappa shape index (κ3) is 5.02. The van der Waals surface area contributed by atoms with E-state index in [1.807, 2.05) is 0 Å². The van der Waals surface area contributed by atoms with Gasteiger partial charge in [0.15, 0.2) is 17.5 Å². The van der Waals surface area contributed by atoms with Gasteiger partial charge in [-0.05, 0) is 24.3 Å². The van der Waals surface area contributed by atoms with Crippen LogP contribution in [0.15, 0.2) is 52.6 Å². The number of aliphatic hydroxyl groups is 3. The number of nitrogens with zero attached hydrogens (tertiary/aromatic N) is 2. The van der Waals surface area contributed by atoms with Gasteiger partial charge in [0, 0.05) is 11.8 Å². The van der Waals surface area contributed by atoms with E-state index < -0.39 is 54.7 Å². The fourth-order valence-electron chi connectivity index (χ4n) is 3.02. The minimum absolute atomic E-state index is 0.213. The van der Waals surface area contributed by atoms with E-state index in [4.69, 9.17) is 15.3 Å². The standard InChI is InChI=1S/C20H20F3N3O5/c21-12-6-10(7-13(22)16(12)23)14(26-24)8-25-17-18(28)15(9-27)31-20(19(17)29)30-11-4-2-1-3-5-11/h1-8,15,17-20,27-29H,9,24H2/t15?,17?,18-,19?,20-/m0/s1. The van der Waals surface area contributed by atoms with Gasteiger partial charge in [-0.1, -0.05) is 18.2 Å². The largest absolute Gasteiger partial charge is 0.462 e. The number of para-hydroxylation sites is 1. The fourth-order valence-corrected chi connectivity index (χ4v) is 3.02. The Morgan fingerprint density at radius 1 is 1.10 bits per heavy atom. The highest BCUT2D eigenvalue weighted by Gasteiger charge is 2.45. The van der Waals surface area contributed by atoms with Gasteiger partial charge in [-0.2, -0.15) is 5.10 Å². The average molecular weight is 439 g/mol. The second kappa shape index (κ2) is 9.88. The summed E-state index contributed by atoms with van der Waals surface area (Å²) in [4.78, 5) is 4.02. The van der Waals surface area contributed by atoms with Crippen LogP contribution < -0.4 is 10.6 Å². The molecule has 1 fully saturated rings. The number of aliphatic imine (C=N–C) groups is 1. The Morgan fingerprint density at radius 2 is 1.74 bits per heavy atom. The van der Waals surface area contributed by atoms with Gasteiger partial charge >= 0.3 is 0 Å². The Bertz CT molecular complexity index is 937. The molecular weight excluding hydrogens is 419 g/mol. The van der Waals surface area contributed by atoms with Gasteiger partial charge in [0.2, 0.25) is 6.29 Å². The van der Waals surface area contributed by atoms with Crippen molar-refractivity contribution in [3.8, 4) is 5.75 Å². The molecule has 1 saturated heterocycles. The van der Waals surface area contributed by atoms with Crippen molar-refractivity contribution in [2.75, 3.05) is 6.61 Å². The zero-order valence-corrected chi connectivity index (χ0v) is 16.0. The molecule has 166 valence electrons. The van der Waals surface area contributed by atoms with Crippen LogP contribution in [0.4, 0.5) is 13.2 Å². The molecule has 3 unspecified atom stereocenters. The first kappa shape index (κ1) is 22.7. The summed E-state index contributed by atoms with van der Waals surface area (Å²) in [6.07, 6.45) is -4.41. The van der Waals surface area contributed by atoms with Crippen LogP contribution >= 0.6 is 0 Å². The van der Waals surface area contributed by atoms with Crippen LogP contribution in [-0.2, 0) is 4.74 Å². The molecule has 0 aromatic heterocycles. The maximum absolute atomic E-state index is 13.5. The molecule has 0 aliphatic carbocycles. The van der Waals surface area contributed by atoms with Crippen LogP contribution in [-0.4, -0.2) is 64.5 Å². The maximum atomic E-state index is 13.5. The van der Waals surface area contributed by atoms with Gasteiger partial charge in [0.1, 0.15) is 35.8 Å². The molecule has 2 aromatic carbocycles. The highest BCUT2D eigenvalue weighted by Crippen LogP contribution is 2.26. The van der Waals surface area contributed by atoms with Crippen molar-refractivity contribution in [1.29, 1.82) is 0 Å². The monoisotopic (exact) mass is 439 g/mol. The minimum Gasteiger partial charge on any atom is -0.462 e. The first-order valence-electron chi connectivity index (χ1n) is 9.15. The molecule has 1 aliphatic rings. The Balaban J connectivity index is 1.85. The third-order valence-electron chi connectivity index (χ3n) is 4.63. The first-order chi connectivity index (χ1) is 14.8. The Morgan fingerprint density at radius 3 is 2.32 bits per heavy atom. The lowest BCUT2D eigenvalue weighted by Gasteiger charge is -2.40. The highest BCUT2D eigenvalue weighted by atomic mass is 19.2. The predicted molar refractivity (Wildman–Crippen MR) is 104 cm³/mol. The Labute approximate surface area is 175 Å². The lowest BCUT2D eigenvalue weighted by atomic mass is 9.96. The van der Waals surface area contributed by atoms with E-state index in [9.17, 15) is 28.5 Å². The first-order valence-corrected chi connectivity index (χ1v) is 9.15. The number of benzene rings is 2. The normalized spacial score (nSPS) is 26.9. The van der Waals surface area contributed by atoms with Crippen LogP contribution in [0.2, 0.25) is 0 Å². The number of hydrazone groups is 1. The number of ether oxygens (including phenoxy) is 2. The SMILES string of the molecule is NN=C(C=NC1C(O)[C@@H](Oc2ccccc2)OC(CO)[C@@H]1O)c1cc(F)c(F)c(F)c1. The molecule has 5 N–H and O–H groups in total. The summed E-state index contributed by atoms with van der Waals surface area (Å²) in [7, 11) is 0. The summed E-state index contributed by atoms with van der Waals surface area (Å²) in [5.41, 5.74) is -0.459. The number of hydrogen-bond donors (Lipinski definition) is 4. The molecular formula is C20H20F3N3O5. The maximum Gasteiger partial charge on any atom is 0.228 e. The minimum atomic E-state index is -1.65. The van der Waals surface area contributed by atoms with Gasteiger partial charge in [0.25, 0.3) is 0 Å². The number of rotatable bonds is 6. The van der Waals surface area contributed by atoms with Gasteiger partial charge < -0.3 is 30.6 Å². The van der Waals surface area contributed by atoms with Crippen molar-refractivity contribution in [3.63, 3.8) is 0 Å². The van der Waals surface area contributed by atoms with Crippen molar-refractivity contribution in [1.82, 2.24) is 0 Å². The molecule has 8 nitrogen and oxygen atoms in total. The summed E-state index contributed by atoms with van der Waals surface area (Å²) in [6.45, 7) is -0.596. The summed E-state index contributed by atoms with van der Waals surface area (Å²) in [5.74, 6) is 1.06. The Hall–Kier alpha value is -2.99. The van der Waals surface area contributed by atoms with Gasteiger partial charge in [-0.15, -0.1) is 0 Å². The molecule has 0 spiro atoms. The van der Waals surface area contributed by atoms with E-state index in [0.29, 0.717) is 17.9 Å². The van der Waals surface area contributed by atoms with Crippen molar-refractivity contribution in [3.05, 3.63) is 65.5 Å². The smallest absolute Gasteiger partial charge is 0.228 e. The number of halogens is 3. The molecule has 1 heterocycles. The van der Waals surface area contributed by atoms with Crippen molar-refractivity contribution in [2.45, 2.75) is 30.6 Å². The fraction of sp³-hybridized carbons (Fsp3) is 0.300. The summed E-state index contributed by atoms with van der Waals surface area (Å²) >= 11 is 0. The van der Waals surface area contributed by atoms with E-state index in [1.54, 1.807) is 30.3 Å². The predicted octanol–water partition coefficient (Wildman–Crippen LogP) is 0.724. The summed E-state index contributed by atoms with van der Waals surface area (Å²) in [5, 5.41) is 33.9. The Kier molecular flexibility index (Phi) is 7.23. The zero-order valence-electron chi connectivity index (χ0n) is 16.0. The topological polar surface area (TPSA) is 130 Å². The van der Waals surface area contributed by atoms with E-state index >= 15 is 0 Å². The average Bonchev–Trinajstić information content (AvgIpc) is 2.77. The van der Waals surface area contributed by atoms with Crippen LogP contribution in [0.25, 0.3) is 0 Å². The number of hydrogen-bond acceptors (Lipinski definition) is 8. The summed E-state index contributed by atoms with van der Waals surface area (Å²) < 4.78 is 51.2. The third-order valence-corrected chi connectivity index (χ3v) is 4.63. The molecule has 0 radical (unpaired) electrons. The lowest BCUT2D eigenvalue weighted by molar-refractivity contribution is -0.247. The van der Waals surface area contributed by atoms with Crippen LogP contribution in [0.1, 0.15) is 5.56 Å². The second-order valence-corrected chi connectivity index (χ2v) is 6.67. The van der Waals surface area contributed by atoms with Gasteiger partial charge in [-0.25, -0.2) is 13.2 Å². The number of aliphatic hydroxyl groups excluding tert-OH is 3. The van der Waals surface area contributed by atoms with Crippen molar-refractivity contribution >= 4 is 11.9 Å². The van der Waals surface area contributed by atoms with Crippen molar-refractivity contribution < 1.29 is 38.0 Å². The van der Waals surface area contributed by atoms with Crippen LogP contribution in [0.3, 0.4) is 0 Å². The lowest BCUT2D eigenvalue weighted by Crippen LogP contribution is -2.59. The molecule has 2 aromatic rings. The van der Waals surface area contributed by atoms with E-state index in [-0.39, 0.29) is 11.3 Å². The molecule has 3 rings (SSSR count). The number of nitrogens with two attached hydrogens (primary N) is 1. The van der Waals surface area contributed by atoms with E-state index in [2.05, 4.69) is 10.1 Å². The zero-order chi connectivity index (χ0) is 22.5. The van der Waals surface area contributed by atoms with Gasteiger partial charge in [0.05, 0.1) is 6.61 Å². The van der Waals surface area contributed by atoms with E-state index in [1.165, 1.54) is 0 Å². The molecule has 1 aliphatic heterocycles. The second-order valence-electron chi connectivity index (χ2n) is 6.67. The molecule has 0 amide bonds. The molecule has 5 atom stereocenters. The molecule has 0 bridgehead atoms. The molecule has 11 heteroatoms. The van der Waals surface area contributed by atoms with Crippen LogP contribution in [0, 0.1) is 17.5 Å². The highest BCUT2D eigenvalue weighted by molar-refractivity contribution is 6.38. The van der Waals surface area contributed by atoms with Gasteiger partial charge in [-0.3, -0.25) is 4.99 Å².